The molecule has 5 heteroatoms. The summed E-state index contributed by atoms with van der Waals surface area (Å²) < 4.78 is 5.71. The van der Waals surface area contributed by atoms with Crippen molar-refractivity contribution in [3.63, 3.8) is 0 Å². The third kappa shape index (κ3) is 4.16. The van der Waals surface area contributed by atoms with Gasteiger partial charge in [-0.25, -0.2) is 0 Å². The number of nitro groups is 1. The number of non-ortho nitro benzene ring substituents is 1. The lowest BCUT2D eigenvalue weighted by atomic mass is 10.1. The molecule has 0 spiro atoms. The zero-order valence-corrected chi connectivity index (χ0v) is 13.2. The van der Waals surface area contributed by atoms with Gasteiger partial charge in [0.05, 0.1) is 10.5 Å². The Morgan fingerprint density at radius 2 is 1.74 bits per heavy atom. The molecule has 2 rings (SSSR count). The highest BCUT2D eigenvalue weighted by atomic mass is 16.6. The number of carbonyl (C=O) groups excluding carboxylic acids is 1. The van der Waals surface area contributed by atoms with Crippen molar-refractivity contribution in [2.45, 2.75) is 33.3 Å². The van der Waals surface area contributed by atoms with Gasteiger partial charge in [0, 0.05) is 18.6 Å². The minimum Gasteiger partial charge on any atom is -0.488 e. The lowest BCUT2D eigenvalue weighted by Crippen LogP contribution is -2.04. The summed E-state index contributed by atoms with van der Waals surface area (Å²) in [6, 6.07) is 12.1. The minimum absolute atomic E-state index is 0.110. The first-order chi connectivity index (χ1) is 11.0. The van der Waals surface area contributed by atoms with E-state index in [0.29, 0.717) is 12.4 Å². The molecule has 0 aliphatic heterocycles. The third-order valence-electron chi connectivity index (χ3n) is 3.62. The van der Waals surface area contributed by atoms with Gasteiger partial charge in [-0.1, -0.05) is 38.1 Å². The SMILES string of the molecule is CCC(=O)c1cc([N+](=O)[O-])ccc1OCc1ccc(CC)cc1. The first-order valence-corrected chi connectivity index (χ1v) is 7.57. The van der Waals surface area contributed by atoms with Gasteiger partial charge >= 0.3 is 0 Å². The molecule has 0 aliphatic carbocycles. The van der Waals surface area contributed by atoms with Gasteiger partial charge < -0.3 is 4.74 Å². The van der Waals surface area contributed by atoms with Gasteiger partial charge in [0.15, 0.2) is 5.78 Å². The Hall–Kier alpha value is -2.69. The van der Waals surface area contributed by atoms with E-state index in [9.17, 15) is 14.9 Å². The van der Waals surface area contributed by atoms with Crippen LogP contribution in [0.5, 0.6) is 5.75 Å². The zero-order valence-electron chi connectivity index (χ0n) is 13.2. The van der Waals surface area contributed by atoms with Crippen LogP contribution < -0.4 is 4.74 Å². The average molecular weight is 313 g/mol. The van der Waals surface area contributed by atoms with Crippen molar-refractivity contribution in [3.05, 3.63) is 69.3 Å². The van der Waals surface area contributed by atoms with Crippen LogP contribution in [0.2, 0.25) is 0 Å². The fourth-order valence-corrected chi connectivity index (χ4v) is 2.20. The maximum Gasteiger partial charge on any atom is 0.270 e. The van der Waals surface area contributed by atoms with Crippen molar-refractivity contribution in [1.82, 2.24) is 0 Å². The molecule has 0 saturated carbocycles. The van der Waals surface area contributed by atoms with Gasteiger partial charge in [0.2, 0.25) is 0 Å². The fraction of sp³-hybridized carbons (Fsp3) is 0.278. The smallest absolute Gasteiger partial charge is 0.270 e. The second-order valence-electron chi connectivity index (χ2n) is 5.17. The molecule has 2 aromatic carbocycles. The molecule has 0 unspecified atom stereocenters. The summed E-state index contributed by atoms with van der Waals surface area (Å²) in [4.78, 5) is 22.4. The predicted octanol–water partition coefficient (Wildman–Crippen LogP) is 4.33. The monoisotopic (exact) mass is 313 g/mol. The summed E-state index contributed by atoms with van der Waals surface area (Å²) in [6.45, 7) is 4.12. The van der Waals surface area contributed by atoms with Gasteiger partial charge in [-0.15, -0.1) is 0 Å². The van der Waals surface area contributed by atoms with Gasteiger partial charge in [-0.2, -0.15) is 0 Å². The Bertz CT molecular complexity index is 707. The molecule has 0 aliphatic rings. The van der Waals surface area contributed by atoms with Crippen molar-refractivity contribution < 1.29 is 14.5 Å². The number of ketones is 1. The van der Waals surface area contributed by atoms with Crippen LogP contribution in [0.15, 0.2) is 42.5 Å². The summed E-state index contributed by atoms with van der Waals surface area (Å²) in [5.41, 5.74) is 2.37. The summed E-state index contributed by atoms with van der Waals surface area (Å²) >= 11 is 0. The number of aryl methyl sites for hydroxylation is 1. The van der Waals surface area contributed by atoms with E-state index in [1.807, 2.05) is 24.3 Å². The highest BCUT2D eigenvalue weighted by Gasteiger charge is 2.16. The van der Waals surface area contributed by atoms with E-state index in [4.69, 9.17) is 4.74 Å². The van der Waals surface area contributed by atoms with E-state index in [1.165, 1.54) is 23.8 Å². The largest absolute Gasteiger partial charge is 0.488 e. The second-order valence-corrected chi connectivity index (χ2v) is 5.17. The molecule has 0 atom stereocenters. The molecule has 0 bridgehead atoms. The van der Waals surface area contributed by atoms with E-state index in [-0.39, 0.29) is 23.5 Å². The second kappa shape index (κ2) is 7.54. The Morgan fingerprint density at radius 1 is 1.09 bits per heavy atom. The average Bonchev–Trinajstić information content (AvgIpc) is 2.59. The van der Waals surface area contributed by atoms with Crippen LogP contribution in [-0.4, -0.2) is 10.7 Å². The number of carbonyl (C=O) groups is 1. The first-order valence-electron chi connectivity index (χ1n) is 7.57. The van der Waals surface area contributed by atoms with Crippen LogP contribution in [-0.2, 0) is 13.0 Å². The van der Waals surface area contributed by atoms with Crippen LogP contribution in [0.4, 0.5) is 5.69 Å². The van der Waals surface area contributed by atoms with Crippen LogP contribution in [0, 0.1) is 10.1 Å². The number of nitrogens with zero attached hydrogens (tertiary/aromatic N) is 1. The Labute approximate surface area is 135 Å². The number of Topliss-reactive ketones (excluding diaryl/α,β-unsaturated/α-hetero) is 1. The summed E-state index contributed by atoms with van der Waals surface area (Å²) in [5, 5.41) is 10.9. The van der Waals surface area contributed by atoms with Crippen molar-refractivity contribution >= 4 is 11.5 Å². The molecule has 2 aromatic rings. The Morgan fingerprint density at radius 3 is 2.30 bits per heavy atom. The van der Waals surface area contributed by atoms with E-state index < -0.39 is 4.92 Å². The lowest BCUT2D eigenvalue weighted by molar-refractivity contribution is -0.384. The number of ether oxygens (including phenoxy) is 1. The highest BCUT2D eigenvalue weighted by molar-refractivity contribution is 5.99. The number of rotatable bonds is 7. The van der Waals surface area contributed by atoms with Crippen molar-refractivity contribution in [1.29, 1.82) is 0 Å². The van der Waals surface area contributed by atoms with Crippen LogP contribution in [0.1, 0.15) is 41.8 Å². The zero-order chi connectivity index (χ0) is 16.8. The van der Waals surface area contributed by atoms with E-state index in [0.717, 1.165) is 12.0 Å². The van der Waals surface area contributed by atoms with Gasteiger partial charge in [-0.3, -0.25) is 14.9 Å². The van der Waals surface area contributed by atoms with Crippen molar-refractivity contribution in [2.75, 3.05) is 0 Å². The maximum absolute atomic E-state index is 12.0. The highest BCUT2D eigenvalue weighted by Crippen LogP contribution is 2.26. The van der Waals surface area contributed by atoms with Crippen LogP contribution in [0.3, 0.4) is 0 Å². The topological polar surface area (TPSA) is 69.4 Å². The normalized spacial score (nSPS) is 10.3. The Kier molecular flexibility index (Phi) is 5.46. The number of nitro benzene ring substituents is 1. The van der Waals surface area contributed by atoms with Gasteiger partial charge in [0.1, 0.15) is 12.4 Å². The third-order valence-corrected chi connectivity index (χ3v) is 3.62. The fourth-order valence-electron chi connectivity index (χ4n) is 2.20. The lowest BCUT2D eigenvalue weighted by Gasteiger charge is -2.11. The van der Waals surface area contributed by atoms with E-state index in [2.05, 4.69) is 6.92 Å². The van der Waals surface area contributed by atoms with E-state index in [1.54, 1.807) is 6.92 Å². The van der Waals surface area contributed by atoms with Crippen molar-refractivity contribution in [3.8, 4) is 5.75 Å². The van der Waals surface area contributed by atoms with Gasteiger partial charge in [-0.05, 0) is 23.6 Å². The Balaban J connectivity index is 2.20. The molecular formula is C18H19NO4. The molecule has 23 heavy (non-hydrogen) atoms. The van der Waals surface area contributed by atoms with Crippen LogP contribution in [0.25, 0.3) is 0 Å². The molecule has 0 radical (unpaired) electrons. The molecule has 0 fully saturated rings. The molecule has 0 amide bonds. The minimum atomic E-state index is -0.514. The summed E-state index contributed by atoms with van der Waals surface area (Å²) in [5.74, 6) is 0.201. The first kappa shape index (κ1) is 16.7. The number of benzene rings is 2. The van der Waals surface area contributed by atoms with Gasteiger partial charge in [0.25, 0.3) is 5.69 Å². The van der Waals surface area contributed by atoms with Crippen molar-refractivity contribution in [2.24, 2.45) is 0 Å². The maximum atomic E-state index is 12.0. The summed E-state index contributed by atoms with van der Waals surface area (Å²) in [7, 11) is 0. The van der Waals surface area contributed by atoms with E-state index >= 15 is 0 Å². The molecule has 0 N–H and O–H groups in total. The predicted molar refractivity (Wildman–Crippen MR) is 87.9 cm³/mol. The summed E-state index contributed by atoms with van der Waals surface area (Å²) in [6.07, 6.45) is 1.24. The number of hydrogen-bond donors (Lipinski definition) is 0. The molecule has 0 saturated heterocycles. The molecule has 120 valence electrons. The number of hydrogen-bond acceptors (Lipinski definition) is 4. The quantitative estimate of drug-likeness (QED) is 0.433. The molecular weight excluding hydrogens is 294 g/mol. The molecule has 5 nitrogen and oxygen atoms in total. The van der Waals surface area contributed by atoms with Crippen LogP contribution >= 0.6 is 0 Å². The molecule has 0 aromatic heterocycles. The molecule has 0 heterocycles. The standard InChI is InChI=1S/C18H19NO4/c1-3-13-5-7-14(8-6-13)12-23-18-10-9-15(19(21)22)11-16(18)17(20)4-2/h5-11H,3-4,12H2,1-2H3.